The van der Waals surface area contributed by atoms with E-state index in [1.807, 2.05) is 0 Å². The van der Waals surface area contributed by atoms with Crippen LogP contribution in [0.4, 0.5) is 0 Å². The minimum Gasteiger partial charge on any atom is -0.489 e. The smallest absolute Gasteiger partial charge is 0.272 e. The van der Waals surface area contributed by atoms with Crippen molar-refractivity contribution in [1.82, 2.24) is 5.43 Å². The predicted molar refractivity (Wildman–Crippen MR) is 98.6 cm³/mol. The number of hydrazone groups is 1. The van der Waals surface area contributed by atoms with E-state index in [1.165, 1.54) is 12.3 Å². The highest BCUT2D eigenvalue weighted by Crippen LogP contribution is 2.37. The van der Waals surface area contributed by atoms with Crippen molar-refractivity contribution in [2.45, 2.75) is 6.42 Å². The second-order valence-electron chi connectivity index (χ2n) is 5.20. The average molecular weight is 400 g/mol. The Hall–Kier alpha value is -1.95. The highest BCUT2D eigenvalue weighted by molar-refractivity contribution is 6.35. The van der Waals surface area contributed by atoms with Crippen LogP contribution in [0.25, 0.3) is 0 Å². The number of rotatable bonds is 3. The Labute approximate surface area is 159 Å². The third kappa shape index (κ3) is 4.37. The van der Waals surface area contributed by atoms with Crippen LogP contribution in [0.5, 0.6) is 11.5 Å². The van der Waals surface area contributed by atoms with E-state index in [0.29, 0.717) is 40.3 Å². The third-order valence-electron chi connectivity index (χ3n) is 3.38. The fourth-order valence-corrected chi connectivity index (χ4v) is 2.87. The Bertz CT molecular complexity index is 840. The van der Waals surface area contributed by atoms with Crippen molar-refractivity contribution in [1.29, 1.82) is 0 Å². The number of nitrogens with one attached hydrogen (secondary N) is 1. The van der Waals surface area contributed by atoms with Gasteiger partial charge in [0.1, 0.15) is 0 Å². The monoisotopic (exact) mass is 398 g/mol. The van der Waals surface area contributed by atoms with Gasteiger partial charge in [-0.25, -0.2) is 5.43 Å². The normalized spacial score (nSPS) is 13.6. The number of hydrogen-bond donors (Lipinski definition) is 1. The van der Waals surface area contributed by atoms with Crippen LogP contribution < -0.4 is 14.9 Å². The van der Waals surface area contributed by atoms with Gasteiger partial charge in [0.05, 0.1) is 35.0 Å². The molecule has 0 radical (unpaired) electrons. The van der Waals surface area contributed by atoms with Crippen LogP contribution in [0.2, 0.25) is 15.1 Å². The number of halogens is 3. The maximum Gasteiger partial charge on any atom is 0.272 e. The van der Waals surface area contributed by atoms with Gasteiger partial charge in [0, 0.05) is 11.4 Å². The fourth-order valence-electron chi connectivity index (χ4n) is 2.22. The molecule has 2 aromatic carbocycles. The predicted octanol–water partition coefficient (Wildman–Crippen LogP) is 4.57. The van der Waals surface area contributed by atoms with Gasteiger partial charge in [-0.1, -0.05) is 34.8 Å². The van der Waals surface area contributed by atoms with Crippen molar-refractivity contribution in [3.8, 4) is 11.5 Å². The van der Waals surface area contributed by atoms with Gasteiger partial charge in [-0.2, -0.15) is 5.10 Å². The summed E-state index contributed by atoms with van der Waals surface area (Å²) in [4.78, 5) is 12.1. The summed E-state index contributed by atoms with van der Waals surface area (Å²) >= 11 is 18.1. The van der Waals surface area contributed by atoms with Gasteiger partial charge in [0.2, 0.25) is 0 Å². The zero-order chi connectivity index (χ0) is 17.8. The largest absolute Gasteiger partial charge is 0.489 e. The molecule has 0 unspecified atom stereocenters. The standard InChI is InChI=1S/C17H13Cl3N2O3/c18-11-2-3-13(19)12(8-11)17(23)22-21-9-10-6-14(20)16-15(7-10)24-4-1-5-25-16/h2-3,6-9H,1,4-5H2,(H,22,23)/b21-9-. The van der Waals surface area contributed by atoms with E-state index in [4.69, 9.17) is 44.3 Å². The number of benzene rings is 2. The first-order chi connectivity index (χ1) is 12.0. The van der Waals surface area contributed by atoms with E-state index < -0.39 is 5.91 Å². The molecule has 0 aliphatic carbocycles. The van der Waals surface area contributed by atoms with Crippen molar-refractivity contribution < 1.29 is 14.3 Å². The van der Waals surface area contributed by atoms with Gasteiger partial charge in [0.15, 0.2) is 11.5 Å². The lowest BCUT2D eigenvalue weighted by Gasteiger charge is -2.09. The summed E-state index contributed by atoms with van der Waals surface area (Å²) in [5, 5.41) is 5.04. The number of fused-ring (bicyclic) bond motifs is 1. The molecule has 1 aliphatic rings. The van der Waals surface area contributed by atoms with Crippen molar-refractivity contribution in [3.05, 3.63) is 56.5 Å². The van der Waals surface area contributed by atoms with E-state index in [2.05, 4.69) is 10.5 Å². The van der Waals surface area contributed by atoms with E-state index in [9.17, 15) is 4.79 Å². The number of nitrogens with zero attached hydrogens (tertiary/aromatic N) is 1. The molecule has 0 spiro atoms. The van der Waals surface area contributed by atoms with E-state index in [1.54, 1.807) is 24.3 Å². The topological polar surface area (TPSA) is 59.9 Å². The molecule has 8 heteroatoms. The molecule has 25 heavy (non-hydrogen) atoms. The van der Waals surface area contributed by atoms with Crippen LogP contribution in [0.1, 0.15) is 22.3 Å². The molecule has 0 saturated carbocycles. The fraction of sp³-hybridized carbons (Fsp3) is 0.176. The molecule has 130 valence electrons. The zero-order valence-corrected chi connectivity index (χ0v) is 15.2. The summed E-state index contributed by atoms with van der Waals surface area (Å²) in [6, 6.07) is 8.04. The van der Waals surface area contributed by atoms with Crippen LogP contribution in [0, 0.1) is 0 Å². The average Bonchev–Trinajstić information content (AvgIpc) is 2.83. The van der Waals surface area contributed by atoms with Crippen molar-refractivity contribution in [3.63, 3.8) is 0 Å². The van der Waals surface area contributed by atoms with Gasteiger partial charge in [-0.15, -0.1) is 0 Å². The summed E-state index contributed by atoms with van der Waals surface area (Å²) in [5.41, 5.74) is 3.30. The second kappa shape index (κ2) is 7.95. The molecule has 5 nitrogen and oxygen atoms in total. The molecular weight excluding hydrogens is 387 g/mol. The maximum atomic E-state index is 12.1. The molecule has 1 amide bonds. The van der Waals surface area contributed by atoms with Crippen LogP contribution in [0.15, 0.2) is 35.4 Å². The van der Waals surface area contributed by atoms with Crippen molar-refractivity contribution >= 4 is 46.9 Å². The first-order valence-corrected chi connectivity index (χ1v) is 8.55. The molecule has 0 aromatic heterocycles. The summed E-state index contributed by atoms with van der Waals surface area (Å²) in [7, 11) is 0. The zero-order valence-electron chi connectivity index (χ0n) is 12.9. The number of carbonyl (C=O) groups is 1. The Morgan fingerprint density at radius 1 is 1.08 bits per heavy atom. The number of ether oxygens (including phenoxy) is 2. The molecule has 3 rings (SSSR count). The molecule has 0 atom stereocenters. The number of carbonyl (C=O) groups excluding carboxylic acids is 1. The number of hydrogen-bond acceptors (Lipinski definition) is 4. The Kier molecular flexibility index (Phi) is 5.68. The summed E-state index contributed by atoms with van der Waals surface area (Å²) in [6.45, 7) is 1.10. The van der Waals surface area contributed by atoms with Gasteiger partial charge < -0.3 is 9.47 Å². The molecule has 0 saturated heterocycles. The minimum atomic E-state index is -0.468. The first kappa shape index (κ1) is 17.9. The first-order valence-electron chi connectivity index (χ1n) is 7.42. The summed E-state index contributed by atoms with van der Waals surface area (Å²) in [6.07, 6.45) is 2.24. The molecule has 0 bridgehead atoms. The summed E-state index contributed by atoms with van der Waals surface area (Å²) < 4.78 is 11.2. The summed E-state index contributed by atoms with van der Waals surface area (Å²) in [5.74, 6) is 0.603. The van der Waals surface area contributed by atoms with Gasteiger partial charge in [0.25, 0.3) is 5.91 Å². The highest BCUT2D eigenvalue weighted by atomic mass is 35.5. The Morgan fingerprint density at radius 3 is 2.72 bits per heavy atom. The van der Waals surface area contributed by atoms with Crippen LogP contribution in [-0.4, -0.2) is 25.3 Å². The maximum absolute atomic E-state index is 12.1. The van der Waals surface area contributed by atoms with Crippen LogP contribution in [-0.2, 0) is 0 Å². The van der Waals surface area contributed by atoms with Crippen LogP contribution >= 0.6 is 34.8 Å². The highest BCUT2D eigenvalue weighted by Gasteiger charge is 2.15. The Morgan fingerprint density at radius 2 is 1.88 bits per heavy atom. The van der Waals surface area contributed by atoms with E-state index in [0.717, 1.165) is 6.42 Å². The minimum absolute atomic E-state index is 0.239. The van der Waals surface area contributed by atoms with Gasteiger partial charge in [-0.3, -0.25) is 4.79 Å². The Balaban J connectivity index is 1.74. The lowest BCUT2D eigenvalue weighted by Crippen LogP contribution is -2.18. The molecule has 1 heterocycles. The van der Waals surface area contributed by atoms with Gasteiger partial charge in [-0.05, 0) is 35.9 Å². The van der Waals surface area contributed by atoms with E-state index >= 15 is 0 Å². The van der Waals surface area contributed by atoms with E-state index in [-0.39, 0.29) is 10.6 Å². The lowest BCUT2D eigenvalue weighted by molar-refractivity contribution is 0.0955. The quantitative estimate of drug-likeness (QED) is 0.607. The molecule has 0 fully saturated rings. The third-order valence-corrected chi connectivity index (χ3v) is 4.22. The van der Waals surface area contributed by atoms with Crippen molar-refractivity contribution in [2.24, 2.45) is 5.10 Å². The molecule has 1 aliphatic heterocycles. The lowest BCUT2D eigenvalue weighted by atomic mass is 10.2. The van der Waals surface area contributed by atoms with Crippen molar-refractivity contribution in [2.75, 3.05) is 13.2 Å². The SMILES string of the molecule is O=C(N/N=C\c1cc(Cl)c2c(c1)OCCCO2)c1cc(Cl)ccc1Cl. The van der Waals surface area contributed by atoms with Gasteiger partial charge >= 0.3 is 0 Å². The molecule has 1 N–H and O–H groups in total. The molecule has 2 aromatic rings. The van der Waals surface area contributed by atoms with Crippen LogP contribution in [0.3, 0.4) is 0 Å². The molecular formula is C17H13Cl3N2O3. The second-order valence-corrected chi connectivity index (χ2v) is 6.45. The number of amides is 1.